The van der Waals surface area contributed by atoms with Gasteiger partial charge in [0, 0.05) is 19.3 Å². The highest BCUT2D eigenvalue weighted by Crippen LogP contribution is 2.10. The van der Waals surface area contributed by atoms with Crippen LogP contribution >= 0.6 is 0 Å². The molecule has 0 atom stereocenters. The summed E-state index contributed by atoms with van der Waals surface area (Å²) in [6.07, 6.45) is 3.49. The second-order valence-electron chi connectivity index (χ2n) is 5.24. The molecule has 114 valence electrons. The smallest absolute Gasteiger partial charge is 0.274 e. The molecular weight excluding hydrogens is 268 g/mol. The minimum absolute atomic E-state index is 0.162. The number of amides is 1. The van der Waals surface area contributed by atoms with E-state index in [-0.39, 0.29) is 5.91 Å². The number of anilines is 1. The number of aryl methyl sites for hydroxylation is 2. The van der Waals surface area contributed by atoms with E-state index in [1.54, 1.807) is 16.9 Å². The van der Waals surface area contributed by atoms with Gasteiger partial charge in [-0.05, 0) is 34.0 Å². The Morgan fingerprint density at radius 2 is 2.19 bits per heavy atom. The molecule has 0 aliphatic heterocycles. The van der Waals surface area contributed by atoms with Crippen LogP contribution in [0.4, 0.5) is 5.69 Å². The second kappa shape index (κ2) is 6.53. The van der Waals surface area contributed by atoms with Crippen molar-refractivity contribution in [2.45, 2.75) is 26.9 Å². The van der Waals surface area contributed by atoms with E-state index in [0.717, 1.165) is 18.8 Å². The number of nitrogens with one attached hydrogen (secondary N) is 1. The first kappa shape index (κ1) is 15.2. The summed E-state index contributed by atoms with van der Waals surface area (Å²) >= 11 is 0. The molecule has 7 heteroatoms. The van der Waals surface area contributed by atoms with Crippen molar-refractivity contribution in [1.82, 2.24) is 24.5 Å². The lowest BCUT2D eigenvalue weighted by Gasteiger charge is -2.08. The van der Waals surface area contributed by atoms with Crippen LogP contribution < -0.4 is 5.32 Å². The molecule has 2 aromatic heterocycles. The van der Waals surface area contributed by atoms with Gasteiger partial charge in [0.25, 0.3) is 5.91 Å². The van der Waals surface area contributed by atoms with Crippen molar-refractivity contribution in [2.24, 2.45) is 0 Å². The molecule has 0 aliphatic carbocycles. The first-order chi connectivity index (χ1) is 9.99. The van der Waals surface area contributed by atoms with Crippen LogP contribution in [0.2, 0.25) is 0 Å². The molecule has 2 aromatic rings. The van der Waals surface area contributed by atoms with Gasteiger partial charge in [-0.2, -0.15) is 10.2 Å². The third-order valence-electron chi connectivity index (χ3n) is 3.10. The first-order valence-corrected chi connectivity index (χ1v) is 7.02. The molecule has 0 fully saturated rings. The Morgan fingerprint density at radius 3 is 2.86 bits per heavy atom. The summed E-state index contributed by atoms with van der Waals surface area (Å²) < 4.78 is 3.51. The molecule has 1 N–H and O–H groups in total. The maximum atomic E-state index is 12.3. The Kier molecular flexibility index (Phi) is 4.74. The van der Waals surface area contributed by atoms with Gasteiger partial charge in [0.05, 0.1) is 24.1 Å². The Balaban J connectivity index is 2.02. The first-order valence-electron chi connectivity index (χ1n) is 7.02. The molecular formula is C14H22N6O. The van der Waals surface area contributed by atoms with E-state index in [0.29, 0.717) is 17.9 Å². The van der Waals surface area contributed by atoms with Gasteiger partial charge in [-0.1, -0.05) is 0 Å². The number of hydrogen-bond acceptors (Lipinski definition) is 4. The summed E-state index contributed by atoms with van der Waals surface area (Å²) in [5.41, 5.74) is 2.10. The van der Waals surface area contributed by atoms with Gasteiger partial charge in [0.2, 0.25) is 0 Å². The largest absolute Gasteiger partial charge is 0.318 e. The molecule has 21 heavy (non-hydrogen) atoms. The lowest BCUT2D eigenvalue weighted by atomic mass is 10.3. The molecule has 0 aliphatic rings. The van der Waals surface area contributed by atoms with Crippen LogP contribution in [0.5, 0.6) is 0 Å². The zero-order chi connectivity index (χ0) is 15.4. The molecule has 0 spiro atoms. The predicted molar refractivity (Wildman–Crippen MR) is 81.4 cm³/mol. The van der Waals surface area contributed by atoms with Crippen LogP contribution in [0.1, 0.15) is 23.1 Å². The zero-order valence-corrected chi connectivity index (χ0v) is 13.0. The average Bonchev–Trinajstić information content (AvgIpc) is 3.02. The zero-order valence-electron chi connectivity index (χ0n) is 13.0. The molecule has 2 heterocycles. The van der Waals surface area contributed by atoms with Crippen molar-refractivity contribution in [2.75, 3.05) is 26.0 Å². The van der Waals surface area contributed by atoms with E-state index in [1.165, 1.54) is 0 Å². The Hall–Kier alpha value is -2.15. The van der Waals surface area contributed by atoms with Gasteiger partial charge < -0.3 is 10.2 Å². The van der Waals surface area contributed by atoms with E-state index in [9.17, 15) is 4.79 Å². The molecule has 2 rings (SSSR count). The molecule has 0 unspecified atom stereocenters. The maximum Gasteiger partial charge on any atom is 0.274 e. The van der Waals surface area contributed by atoms with Gasteiger partial charge in [-0.3, -0.25) is 14.2 Å². The molecule has 0 bridgehead atoms. The van der Waals surface area contributed by atoms with Crippen LogP contribution in [-0.2, 0) is 13.1 Å². The van der Waals surface area contributed by atoms with Gasteiger partial charge in [0.15, 0.2) is 0 Å². The number of nitrogens with zero attached hydrogens (tertiary/aromatic N) is 5. The number of aromatic nitrogens is 4. The number of hydrogen-bond donors (Lipinski definition) is 1. The second-order valence-corrected chi connectivity index (χ2v) is 5.24. The van der Waals surface area contributed by atoms with Crippen molar-refractivity contribution in [1.29, 1.82) is 0 Å². The summed E-state index contributed by atoms with van der Waals surface area (Å²) in [4.78, 5) is 14.4. The molecule has 0 radical (unpaired) electrons. The topological polar surface area (TPSA) is 68.0 Å². The van der Waals surface area contributed by atoms with E-state index < -0.39 is 0 Å². The normalized spacial score (nSPS) is 11.1. The lowest BCUT2D eigenvalue weighted by molar-refractivity contribution is 0.101. The molecule has 0 aromatic carbocycles. The van der Waals surface area contributed by atoms with E-state index in [4.69, 9.17) is 0 Å². The minimum Gasteiger partial charge on any atom is -0.318 e. The quantitative estimate of drug-likeness (QED) is 0.868. The summed E-state index contributed by atoms with van der Waals surface area (Å²) in [6.45, 7) is 6.19. The number of carbonyl (C=O) groups excluding carboxylic acids is 1. The fourth-order valence-electron chi connectivity index (χ4n) is 2.02. The van der Waals surface area contributed by atoms with Gasteiger partial charge in [-0.25, -0.2) is 0 Å². The third-order valence-corrected chi connectivity index (χ3v) is 3.10. The Bertz CT molecular complexity index is 613. The lowest BCUT2D eigenvalue weighted by Crippen LogP contribution is -2.18. The van der Waals surface area contributed by atoms with Crippen molar-refractivity contribution >= 4 is 11.6 Å². The summed E-state index contributed by atoms with van der Waals surface area (Å²) in [5, 5.41) is 11.4. The van der Waals surface area contributed by atoms with Crippen LogP contribution in [0, 0.1) is 6.92 Å². The van der Waals surface area contributed by atoms with Gasteiger partial charge in [-0.15, -0.1) is 0 Å². The number of likely N-dealkylation sites (N-methyl/N-ethyl adjacent to an activating group) is 1. The fraction of sp³-hybridized carbons (Fsp3) is 0.500. The van der Waals surface area contributed by atoms with Gasteiger partial charge >= 0.3 is 0 Å². The van der Waals surface area contributed by atoms with Crippen molar-refractivity contribution in [3.63, 3.8) is 0 Å². The van der Waals surface area contributed by atoms with Crippen LogP contribution in [0.15, 0.2) is 18.5 Å². The van der Waals surface area contributed by atoms with Crippen LogP contribution in [0.3, 0.4) is 0 Å². The summed E-state index contributed by atoms with van der Waals surface area (Å²) in [5.74, 6) is -0.162. The molecule has 0 saturated carbocycles. The SMILES string of the molecule is CCn1nc(C)cc1C(=O)Nc1cnn(CCN(C)C)c1. The van der Waals surface area contributed by atoms with Crippen molar-refractivity contribution < 1.29 is 4.79 Å². The van der Waals surface area contributed by atoms with E-state index in [1.807, 2.05) is 38.8 Å². The summed E-state index contributed by atoms with van der Waals surface area (Å²) in [7, 11) is 4.03. The standard InChI is InChI=1S/C14H22N6O/c1-5-20-13(8-11(2)17-20)14(21)16-12-9-15-19(10-12)7-6-18(3)4/h8-10H,5-7H2,1-4H3,(H,16,21). The van der Waals surface area contributed by atoms with Crippen LogP contribution in [0.25, 0.3) is 0 Å². The highest BCUT2D eigenvalue weighted by molar-refractivity contribution is 6.03. The number of carbonyl (C=O) groups is 1. The molecule has 0 saturated heterocycles. The van der Waals surface area contributed by atoms with Crippen molar-refractivity contribution in [3.05, 3.63) is 29.8 Å². The van der Waals surface area contributed by atoms with Crippen LogP contribution in [-0.4, -0.2) is 51.0 Å². The van der Waals surface area contributed by atoms with Crippen molar-refractivity contribution in [3.8, 4) is 0 Å². The highest BCUT2D eigenvalue weighted by atomic mass is 16.2. The maximum absolute atomic E-state index is 12.3. The number of rotatable bonds is 6. The highest BCUT2D eigenvalue weighted by Gasteiger charge is 2.14. The monoisotopic (exact) mass is 290 g/mol. The average molecular weight is 290 g/mol. The summed E-state index contributed by atoms with van der Waals surface area (Å²) in [6, 6.07) is 1.79. The Morgan fingerprint density at radius 1 is 1.43 bits per heavy atom. The third kappa shape index (κ3) is 3.91. The fourth-order valence-corrected chi connectivity index (χ4v) is 2.02. The Labute approximate surface area is 124 Å². The predicted octanol–water partition coefficient (Wildman–Crippen LogP) is 1.22. The minimum atomic E-state index is -0.162. The molecule has 1 amide bonds. The van der Waals surface area contributed by atoms with E-state index >= 15 is 0 Å². The van der Waals surface area contributed by atoms with Gasteiger partial charge in [0.1, 0.15) is 5.69 Å². The van der Waals surface area contributed by atoms with E-state index in [2.05, 4.69) is 20.4 Å². The molecule has 7 nitrogen and oxygen atoms in total.